The van der Waals surface area contributed by atoms with Crippen molar-refractivity contribution < 1.29 is 0 Å². The molecule has 0 unspecified atom stereocenters. The molecule has 0 N–H and O–H groups in total. The summed E-state index contributed by atoms with van der Waals surface area (Å²) in [6.45, 7) is 0. The van der Waals surface area contributed by atoms with Gasteiger partial charge in [0.05, 0.1) is 0 Å². The van der Waals surface area contributed by atoms with Gasteiger partial charge in [0.25, 0.3) is 0 Å². The molecule has 0 radical (unpaired) electrons. The van der Waals surface area contributed by atoms with Gasteiger partial charge in [-0.2, -0.15) is 0 Å². The van der Waals surface area contributed by atoms with Crippen molar-refractivity contribution in [2.75, 3.05) is 0 Å². The molecule has 0 aromatic heterocycles. The van der Waals surface area contributed by atoms with Gasteiger partial charge in [0, 0.05) is 0 Å². The topological polar surface area (TPSA) is 0 Å². The maximum absolute atomic E-state index is 3.02. The van der Waals surface area contributed by atoms with Gasteiger partial charge in [0.15, 0.2) is 0 Å². The number of hydrogen-bond acceptors (Lipinski definition) is 0. The van der Waals surface area contributed by atoms with E-state index in [1.165, 1.54) is 16.9 Å². The summed E-state index contributed by atoms with van der Waals surface area (Å²) in [5.74, 6) is 0. The van der Waals surface area contributed by atoms with E-state index >= 15 is 0 Å². The van der Waals surface area contributed by atoms with E-state index in [-0.39, 0.29) is 0 Å². The zero-order valence-electron chi connectivity index (χ0n) is 23.4. The van der Waals surface area contributed by atoms with Gasteiger partial charge < -0.3 is 0 Å². The van der Waals surface area contributed by atoms with Crippen LogP contribution in [-0.2, 0) is 0 Å². The van der Waals surface area contributed by atoms with Crippen LogP contribution in [0.25, 0.3) is 0 Å². The van der Waals surface area contributed by atoms with E-state index < -0.39 is 26.5 Å². The summed E-state index contributed by atoms with van der Waals surface area (Å²) in [7, 11) is 0. The van der Waals surface area contributed by atoms with Crippen LogP contribution >= 0.6 is 0 Å². The van der Waals surface area contributed by atoms with E-state index in [0.717, 1.165) is 0 Å². The van der Waals surface area contributed by atoms with E-state index in [4.69, 9.17) is 0 Å². The normalized spacial score (nSPS) is 11.7. The Morgan fingerprint density at radius 1 is 0.244 bits per heavy atom. The molecule has 0 aliphatic rings. The van der Waals surface area contributed by atoms with Crippen molar-refractivity contribution in [3.05, 3.63) is 182 Å². The van der Waals surface area contributed by atoms with Crippen molar-refractivity contribution in [1.82, 2.24) is 0 Å². The van der Waals surface area contributed by atoms with E-state index in [9.17, 15) is 0 Å². The summed E-state index contributed by atoms with van der Waals surface area (Å²) in [6.07, 6.45) is 1.19. The second-order valence-electron chi connectivity index (χ2n) is 10.9. The Balaban J connectivity index is 1.50. The third-order valence-corrected chi connectivity index (χ3v) is 29.9. The molecule has 41 heavy (non-hydrogen) atoms. The summed E-state index contributed by atoms with van der Waals surface area (Å²) in [5, 5.41) is 2.44. The van der Waals surface area contributed by atoms with Crippen LogP contribution < -0.4 is 26.4 Å². The van der Waals surface area contributed by atoms with Gasteiger partial charge in [-0.15, -0.1) is 0 Å². The summed E-state index contributed by atoms with van der Waals surface area (Å²) >= 11 is -6.04. The molecule has 6 rings (SSSR count). The quantitative estimate of drug-likeness (QED) is 0.167. The van der Waals surface area contributed by atoms with Crippen molar-refractivity contribution >= 4 is 52.9 Å². The summed E-state index contributed by atoms with van der Waals surface area (Å²) < 4.78 is 9.26. The van der Waals surface area contributed by atoms with Crippen molar-refractivity contribution in [2.45, 2.75) is 16.9 Å². The zero-order valence-corrected chi connectivity index (χ0v) is 27.6. The molecule has 0 spiro atoms. The fourth-order valence-corrected chi connectivity index (χ4v) is 28.8. The predicted octanol–water partition coefficient (Wildman–Crippen LogP) is 5.72. The molecule has 0 saturated heterocycles. The first kappa shape index (κ1) is 27.6. The van der Waals surface area contributed by atoms with Crippen molar-refractivity contribution in [3.63, 3.8) is 0 Å². The summed E-state index contributed by atoms with van der Waals surface area (Å²) in [5.41, 5.74) is 0. The Labute approximate surface area is 250 Å². The number of benzene rings is 6. The molecule has 0 atom stereocenters. The van der Waals surface area contributed by atoms with Crippen LogP contribution in [0.1, 0.15) is 6.42 Å². The fraction of sp³-hybridized carbons (Fsp3) is 0.0769. The first-order chi connectivity index (χ1) is 20.3. The molecule has 6 aromatic rings. The van der Waals surface area contributed by atoms with Crippen LogP contribution in [0.2, 0.25) is 10.5 Å². The van der Waals surface area contributed by atoms with E-state index in [1.807, 2.05) is 0 Å². The summed E-state index contributed by atoms with van der Waals surface area (Å²) in [6, 6.07) is 68.6. The molecule has 0 heterocycles. The molecule has 0 aliphatic heterocycles. The Kier molecular flexibility index (Phi) is 8.70. The summed E-state index contributed by atoms with van der Waals surface area (Å²) in [4.78, 5) is 0. The standard InChI is InChI=1S/C39H36Ge2/c1-7-20-34(21-8-1)40(35-22-9-2-10-23-35,36-24-11-3-12-25-36)32-19-33-41(37-26-13-4-14-27-37,38-28-15-5-16-29-38)39-30-17-6-18-31-39/h1-18,20-31H,19,32-33H2. The van der Waals surface area contributed by atoms with Crippen LogP contribution in [0.5, 0.6) is 0 Å². The SMILES string of the molecule is c1cc[c]([Ge]([CH2]C[CH2][Ge]([c]2ccccc2)([c]2ccccc2)[c]2ccccc2)([c]2ccccc2)[c]2ccccc2)cc1. The molecule has 0 amide bonds. The molecule has 200 valence electrons. The molecule has 2 heteroatoms. The first-order valence-corrected chi connectivity index (χ1v) is 23.9. The molecule has 6 aromatic carbocycles. The Hall–Kier alpha value is -3.59. The maximum atomic E-state index is 2.40. The number of hydrogen-bond donors (Lipinski definition) is 0. The van der Waals surface area contributed by atoms with E-state index in [1.54, 1.807) is 26.4 Å². The monoisotopic (exact) mass is 652 g/mol. The van der Waals surface area contributed by atoms with Crippen molar-refractivity contribution in [3.8, 4) is 0 Å². The Morgan fingerprint density at radius 2 is 0.415 bits per heavy atom. The van der Waals surface area contributed by atoms with Crippen LogP contribution in [0, 0.1) is 0 Å². The van der Waals surface area contributed by atoms with Gasteiger partial charge in [-0.25, -0.2) is 0 Å². The van der Waals surface area contributed by atoms with Gasteiger partial charge in [-0.05, 0) is 0 Å². The molecule has 0 bridgehead atoms. The molecular weight excluding hydrogens is 614 g/mol. The van der Waals surface area contributed by atoms with Crippen molar-refractivity contribution in [1.29, 1.82) is 0 Å². The molecular formula is C39H36Ge2. The van der Waals surface area contributed by atoms with Gasteiger partial charge in [0.2, 0.25) is 0 Å². The average molecular weight is 650 g/mol. The van der Waals surface area contributed by atoms with Gasteiger partial charge in [-0.1, -0.05) is 0 Å². The molecule has 0 nitrogen and oxygen atoms in total. The molecule has 0 saturated carbocycles. The van der Waals surface area contributed by atoms with Crippen LogP contribution in [0.3, 0.4) is 0 Å². The fourth-order valence-electron chi connectivity index (χ4n) is 6.82. The molecule has 0 aliphatic carbocycles. The minimum atomic E-state index is -3.02. The van der Waals surface area contributed by atoms with Crippen LogP contribution in [0.15, 0.2) is 182 Å². The Bertz CT molecular complexity index is 1300. The van der Waals surface area contributed by atoms with E-state index in [0.29, 0.717) is 0 Å². The van der Waals surface area contributed by atoms with Gasteiger partial charge in [0.1, 0.15) is 0 Å². The second-order valence-corrected chi connectivity index (χ2v) is 27.8. The predicted molar refractivity (Wildman–Crippen MR) is 182 cm³/mol. The van der Waals surface area contributed by atoms with E-state index in [2.05, 4.69) is 182 Å². The Morgan fingerprint density at radius 3 is 0.585 bits per heavy atom. The number of rotatable bonds is 10. The zero-order chi connectivity index (χ0) is 27.8. The molecule has 0 fully saturated rings. The first-order valence-electron chi connectivity index (χ1n) is 14.7. The average Bonchev–Trinajstić information content (AvgIpc) is 3.08. The third-order valence-electron chi connectivity index (χ3n) is 8.70. The van der Waals surface area contributed by atoms with Gasteiger partial charge in [-0.3, -0.25) is 0 Å². The van der Waals surface area contributed by atoms with Crippen molar-refractivity contribution in [2.24, 2.45) is 0 Å². The van der Waals surface area contributed by atoms with Gasteiger partial charge >= 0.3 is 252 Å². The van der Waals surface area contributed by atoms with Crippen LogP contribution in [-0.4, -0.2) is 26.5 Å². The second kappa shape index (κ2) is 12.9. The minimum absolute atomic E-state index is 1.19. The van der Waals surface area contributed by atoms with Crippen LogP contribution in [0.4, 0.5) is 0 Å². The third kappa shape index (κ3) is 5.51.